The van der Waals surface area contributed by atoms with Crippen molar-refractivity contribution in [1.29, 1.82) is 0 Å². The highest BCUT2D eigenvalue weighted by Crippen LogP contribution is 2.43. The van der Waals surface area contributed by atoms with Gasteiger partial charge in [-0.05, 0) is 43.2 Å². The van der Waals surface area contributed by atoms with E-state index in [2.05, 4.69) is 25.3 Å². The molecule has 0 radical (unpaired) electrons. The molecule has 1 aromatic carbocycles. The van der Waals surface area contributed by atoms with Gasteiger partial charge in [0.1, 0.15) is 11.9 Å². The van der Waals surface area contributed by atoms with Crippen LogP contribution < -0.4 is 5.32 Å². The van der Waals surface area contributed by atoms with Crippen molar-refractivity contribution in [3.05, 3.63) is 86.0 Å². The SMILES string of the molecule is COC(=O)C1=C(C2CCC(c3ncc(CC(=O)O)cn3)CC2)NC(c2nccs2)=NC1c1ccc(F)c(F)c1Cl. The smallest absolute Gasteiger partial charge is 0.338 e. The molecule has 0 saturated heterocycles. The van der Waals surface area contributed by atoms with Crippen molar-refractivity contribution >= 4 is 40.7 Å². The number of amidine groups is 1. The van der Waals surface area contributed by atoms with E-state index in [1.165, 1.54) is 36.9 Å². The van der Waals surface area contributed by atoms with Crippen molar-refractivity contribution < 1.29 is 28.2 Å². The maximum absolute atomic E-state index is 14.5. The van der Waals surface area contributed by atoms with E-state index >= 15 is 0 Å². The van der Waals surface area contributed by atoms with Crippen LogP contribution in [0.1, 0.15) is 59.6 Å². The summed E-state index contributed by atoms with van der Waals surface area (Å²) < 4.78 is 33.5. The molecular weight excluding hydrogens is 564 g/mol. The van der Waals surface area contributed by atoms with E-state index in [0.717, 1.165) is 6.07 Å². The Morgan fingerprint density at radius 1 is 1.12 bits per heavy atom. The number of carbonyl (C=O) groups is 2. The molecule has 1 fully saturated rings. The maximum atomic E-state index is 14.5. The molecule has 0 spiro atoms. The number of methoxy groups -OCH3 is 1. The van der Waals surface area contributed by atoms with Crippen LogP contribution >= 0.6 is 22.9 Å². The number of carboxylic acids is 1. The van der Waals surface area contributed by atoms with Crippen LogP contribution in [0.25, 0.3) is 0 Å². The van der Waals surface area contributed by atoms with Gasteiger partial charge in [0.2, 0.25) is 0 Å². The number of aliphatic imine (C=N–C) groups is 1. The Hall–Kier alpha value is -3.77. The third-order valence-electron chi connectivity index (χ3n) is 7.06. The fraction of sp³-hybridized carbons (Fsp3) is 0.333. The molecule has 1 aliphatic heterocycles. The lowest BCUT2D eigenvalue weighted by molar-refractivity contribution is -0.137. The van der Waals surface area contributed by atoms with Crippen LogP contribution in [0.2, 0.25) is 5.02 Å². The first kappa shape index (κ1) is 27.8. The monoisotopic (exact) mass is 587 g/mol. The van der Waals surface area contributed by atoms with Crippen LogP contribution in [0.4, 0.5) is 8.78 Å². The van der Waals surface area contributed by atoms with E-state index in [1.807, 2.05) is 0 Å². The third-order valence-corrected chi connectivity index (χ3v) is 8.22. The number of rotatable bonds is 7. The standard InChI is InChI=1S/C27H24ClF2N5O4S/c1-39-27(38)19-22(14-2-4-15(5-3-14)24-32-11-13(12-33-24)10-18(36)37)34-25(26-31-8-9-40-26)35-23(19)16-6-7-17(29)21(30)20(16)28/h6-9,11-12,14-15,23H,2-5,10H2,1H3,(H,34,35)(H,36,37). The average molecular weight is 588 g/mol. The Balaban J connectivity index is 1.48. The number of benzene rings is 1. The van der Waals surface area contributed by atoms with Gasteiger partial charge in [0.05, 0.1) is 24.1 Å². The number of halogens is 3. The maximum Gasteiger partial charge on any atom is 0.338 e. The zero-order chi connectivity index (χ0) is 28.4. The number of allylic oxidation sites excluding steroid dienone is 1. The number of hydrogen-bond donors (Lipinski definition) is 2. The lowest BCUT2D eigenvalue weighted by Crippen LogP contribution is -2.37. The first-order chi connectivity index (χ1) is 19.3. The van der Waals surface area contributed by atoms with Crippen molar-refractivity contribution in [1.82, 2.24) is 20.3 Å². The van der Waals surface area contributed by atoms with Gasteiger partial charge in [-0.15, -0.1) is 11.3 Å². The summed E-state index contributed by atoms with van der Waals surface area (Å²) in [6.07, 6.45) is 7.30. The summed E-state index contributed by atoms with van der Waals surface area (Å²) in [6, 6.07) is 1.23. The minimum absolute atomic E-state index is 0.0597. The second-order valence-corrected chi connectivity index (χ2v) is 10.8. The Bertz CT molecular complexity index is 1490. The molecule has 2 aromatic heterocycles. The highest BCUT2D eigenvalue weighted by molar-refractivity contribution is 7.11. The third kappa shape index (κ3) is 5.59. The average Bonchev–Trinajstić information content (AvgIpc) is 3.51. The molecule has 1 atom stereocenters. The first-order valence-electron chi connectivity index (χ1n) is 12.5. The number of esters is 1. The fourth-order valence-electron chi connectivity index (χ4n) is 5.13. The van der Waals surface area contributed by atoms with Gasteiger partial charge >= 0.3 is 11.9 Å². The quantitative estimate of drug-likeness (QED) is 0.293. The van der Waals surface area contributed by atoms with Gasteiger partial charge in [0.25, 0.3) is 0 Å². The minimum Gasteiger partial charge on any atom is -0.481 e. The number of carboxylic acid groups (broad SMARTS) is 1. The molecule has 5 rings (SSSR count). The largest absolute Gasteiger partial charge is 0.481 e. The van der Waals surface area contributed by atoms with Gasteiger partial charge in [0.15, 0.2) is 22.5 Å². The van der Waals surface area contributed by atoms with Gasteiger partial charge < -0.3 is 15.2 Å². The van der Waals surface area contributed by atoms with Crippen LogP contribution in [-0.4, -0.2) is 44.9 Å². The molecule has 0 amide bonds. The van der Waals surface area contributed by atoms with E-state index in [4.69, 9.17) is 21.4 Å². The molecule has 40 heavy (non-hydrogen) atoms. The summed E-state index contributed by atoms with van der Waals surface area (Å²) in [5, 5.41) is 14.2. The highest BCUT2D eigenvalue weighted by atomic mass is 35.5. The zero-order valence-electron chi connectivity index (χ0n) is 21.2. The number of aliphatic carboxylic acids is 1. The fourth-order valence-corrected chi connectivity index (χ4v) is 5.97. The summed E-state index contributed by atoms with van der Waals surface area (Å²) in [6.45, 7) is 0. The van der Waals surface area contributed by atoms with Crippen LogP contribution in [0.3, 0.4) is 0 Å². The van der Waals surface area contributed by atoms with Crippen molar-refractivity contribution in [2.24, 2.45) is 10.9 Å². The topological polar surface area (TPSA) is 127 Å². The Morgan fingerprint density at radius 3 is 2.45 bits per heavy atom. The molecule has 3 aromatic rings. The second-order valence-electron chi connectivity index (χ2n) is 9.49. The number of carbonyl (C=O) groups excluding carboxylic acids is 1. The first-order valence-corrected chi connectivity index (χ1v) is 13.8. The molecule has 13 heteroatoms. The number of nitrogens with zero attached hydrogens (tertiary/aromatic N) is 4. The van der Waals surface area contributed by atoms with Gasteiger partial charge in [-0.3, -0.25) is 9.79 Å². The summed E-state index contributed by atoms with van der Waals surface area (Å²) in [5.41, 5.74) is 1.42. The lowest BCUT2D eigenvalue weighted by Gasteiger charge is -2.34. The molecule has 208 valence electrons. The molecule has 2 aliphatic rings. The van der Waals surface area contributed by atoms with Gasteiger partial charge in [-0.2, -0.15) is 0 Å². The number of ether oxygens (including phenoxy) is 1. The van der Waals surface area contributed by atoms with Crippen molar-refractivity contribution in [2.45, 2.75) is 44.1 Å². The normalized spacial score (nSPS) is 21.0. The van der Waals surface area contributed by atoms with Crippen LogP contribution in [0.15, 0.2) is 52.4 Å². The second kappa shape index (κ2) is 11.8. The molecule has 1 unspecified atom stereocenters. The van der Waals surface area contributed by atoms with Gasteiger partial charge in [0, 0.05) is 41.1 Å². The summed E-state index contributed by atoms with van der Waals surface area (Å²) >= 11 is 7.58. The summed E-state index contributed by atoms with van der Waals surface area (Å²) in [7, 11) is 1.25. The van der Waals surface area contributed by atoms with Crippen molar-refractivity contribution in [3.8, 4) is 0 Å². The van der Waals surface area contributed by atoms with E-state index in [0.29, 0.717) is 53.6 Å². The zero-order valence-corrected chi connectivity index (χ0v) is 22.8. The Kier molecular flexibility index (Phi) is 8.17. The van der Waals surface area contributed by atoms with Crippen LogP contribution in [0.5, 0.6) is 0 Å². The lowest BCUT2D eigenvalue weighted by atomic mass is 9.77. The number of thiazole rings is 1. The predicted octanol–water partition coefficient (Wildman–Crippen LogP) is 4.98. The Labute approximate surface area is 237 Å². The van der Waals surface area contributed by atoms with E-state index in [9.17, 15) is 18.4 Å². The molecule has 2 N–H and O–H groups in total. The molecule has 1 aliphatic carbocycles. The number of hydrogen-bond acceptors (Lipinski definition) is 9. The Morgan fingerprint density at radius 2 is 1.82 bits per heavy atom. The molecule has 9 nitrogen and oxygen atoms in total. The van der Waals surface area contributed by atoms with Crippen LogP contribution in [0, 0.1) is 17.6 Å². The van der Waals surface area contributed by atoms with Crippen molar-refractivity contribution in [3.63, 3.8) is 0 Å². The van der Waals surface area contributed by atoms with E-state index in [-0.39, 0.29) is 29.4 Å². The minimum atomic E-state index is -1.22. The summed E-state index contributed by atoms with van der Waals surface area (Å²) in [4.78, 5) is 41.9. The number of aromatic nitrogens is 3. The highest BCUT2D eigenvalue weighted by Gasteiger charge is 2.38. The number of nitrogens with one attached hydrogen (secondary N) is 1. The molecular formula is C27H24ClF2N5O4S. The van der Waals surface area contributed by atoms with Gasteiger partial charge in [-0.25, -0.2) is 28.5 Å². The summed E-state index contributed by atoms with van der Waals surface area (Å²) in [5.74, 6) is -2.95. The van der Waals surface area contributed by atoms with Crippen molar-refractivity contribution in [2.75, 3.05) is 7.11 Å². The molecule has 0 bridgehead atoms. The van der Waals surface area contributed by atoms with E-state index < -0.39 is 34.6 Å². The van der Waals surface area contributed by atoms with E-state index in [1.54, 1.807) is 11.6 Å². The van der Waals surface area contributed by atoms with Gasteiger partial charge in [-0.1, -0.05) is 17.7 Å². The molecule has 3 heterocycles. The predicted molar refractivity (Wildman–Crippen MR) is 143 cm³/mol. The van der Waals surface area contributed by atoms with Crippen LogP contribution in [-0.2, 0) is 20.7 Å². The molecule has 1 saturated carbocycles.